The highest BCUT2D eigenvalue weighted by Crippen LogP contribution is 2.26. The third-order valence-electron chi connectivity index (χ3n) is 5.33. The third kappa shape index (κ3) is 6.12. The Bertz CT molecular complexity index is 802. The fourth-order valence-electron chi connectivity index (χ4n) is 3.63. The lowest BCUT2D eigenvalue weighted by Crippen LogP contribution is -2.36. The largest absolute Gasteiger partial charge is 0.504 e. The minimum absolute atomic E-state index is 0.0726. The molecule has 2 aromatic carbocycles. The second-order valence-corrected chi connectivity index (χ2v) is 7.67. The highest BCUT2D eigenvalue weighted by molar-refractivity contribution is 5.73. The van der Waals surface area contributed by atoms with Gasteiger partial charge in [-0.15, -0.1) is 0 Å². The van der Waals surface area contributed by atoms with E-state index in [0.717, 1.165) is 17.7 Å². The predicted molar refractivity (Wildman–Crippen MR) is 114 cm³/mol. The Kier molecular flexibility index (Phi) is 7.36. The first-order valence-electron chi connectivity index (χ1n) is 10.2. The lowest BCUT2D eigenvalue weighted by Gasteiger charge is -2.26. The van der Waals surface area contributed by atoms with Crippen molar-refractivity contribution in [3.63, 3.8) is 0 Å². The minimum atomic E-state index is -0.155. The van der Waals surface area contributed by atoms with Gasteiger partial charge in [0.25, 0.3) is 0 Å². The molecule has 1 fully saturated rings. The van der Waals surface area contributed by atoms with E-state index in [2.05, 4.69) is 34.5 Å². The van der Waals surface area contributed by atoms with Gasteiger partial charge in [-0.25, -0.2) is 4.79 Å². The summed E-state index contributed by atoms with van der Waals surface area (Å²) in [4.78, 5) is 16.5. The smallest absolute Gasteiger partial charge is 0.317 e. The molecule has 2 N–H and O–H groups in total. The van der Waals surface area contributed by atoms with E-state index in [4.69, 9.17) is 4.74 Å². The number of likely N-dealkylation sites (tertiary alicyclic amines) is 1. The summed E-state index contributed by atoms with van der Waals surface area (Å²) in [5.74, 6) is 0.494. The van der Waals surface area contributed by atoms with E-state index in [0.29, 0.717) is 18.8 Å². The van der Waals surface area contributed by atoms with Gasteiger partial charge >= 0.3 is 6.03 Å². The van der Waals surface area contributed by atoms with Crippen LogP contribution in [0.1, 0.15) is 36.0 Å². The molecule has 0 radical (unpaired) electrons. The Morgan fingerprint density at radius 3 is 2.38 bits per heavy atom. The van der Waals surface area contributed by atoms with Gasteiger partial charge in [0.2, 0.25) is 0 Å². The zero-order chi connectivity index (χ0) is 20.6. The molecule has 0 aromatic heterocycles. The zero-order valence-corrected chi connectivity index (χ0v) is 17.4. The molecule has 1 saturated heterocycles. The maximum Gasteiger partial charge on any atom is 0.317 e. The molecular formula is C23H31N3O3. The maximum atomic E-state index is 12.4. The number of methoxy groups -OCH3 is 1. The van der Waals surface area contributed by atoms with Gasteiger partial charge in [-0.2, -0.15) is 0 Å². The van der Waals surface area contributed by atoms with Crippen LogP contribution in [-0.4, -0.2) is 48.2 Å². The summed E-state index contributed by atoms with van der Waals surface area (Å²) in [7, 11) is 3.24. The minimum Gasteiger partial charge on any atom is -0.504 e. The fraction of sp³-hybridized carbons (Fsp3) is 0.435. The van der Waals surface area contributed by atoms with Crippen molar-refractivity contribution < 1.29 is 14.6 Å². The second-order valence-electron chi connectivity index (χ2n) is 7.67. The molecule has 0 saturated carbocycles. The number of carbonyl (C=O) groups excluding carboxylic acids is 1. The number of ether oxygens (including phenoxy) is 1. The number of phenols is 1. The van der Waals surface area contributed by atoms with Crippen molar-refractivity contribution in [2.24, 2.45) is 0 Å². The van der Waals surface area contributed by atoms with Crippen LogP contribution in [-0.2, 0) is 19.6 Å². The topological polar surface area (TPSA) is 65.0 Å². The summed E-state index contributed by atoms with van der Waals surface area (Å²) in [6.07, 6.45) is 3.95. The number of nitrogens with zero attached hydrogens (tertiary/aromatic N) is 2. The van der Waals surface area contributed by atoms with Crippen LogP contribution in [0.3, 0.4) is 0 Å². The number of hydrogen-bond acceptors (Lipinski definition) is 4. The molecule has 156 valence electrons. The van der Waals surface area contributed by atoms with Crippen molar-refractivity contribution >= 4 is 6.03 Å². The molecule has 1 aliphatic rings. The SMILES string of the molecule is COc1ccc(CN(C)C(=O)NCc2ccc(CN3CCCCC3)cc2)cc1O. The Labute approximate surface area is 173 Å². The highest BCUT2D eigenvalue weighted by Gasteiger charge is 2.12. The lowest BCUT2D eigenvalue weighted by molar-refractivity contribution is 0.206. The van der Waals surface area contributed by atoms with Crippen LogP contribution in [0.2, 0.25) is 0 Å². The molecule has 6 nitrogen and oxygen atoms in total. The van der Waals surface area contributed by atoms with Crippen LogP contribution in [0.25, 0.3) is 0 Å². The lowest BCUT2D eigenvalue weighted by atomic mass is 10.1. The maximum absolute atomic E-state index is 12.4. The summed E-state index contributed by atoms with van der Waals surface area (Å²) in [6, 6.07) is 13.5. The molecule has 0 unspecified atom stereocenters. The van der Waals surface area contributed by atoms with Crippen LogP contribution < -0.4 is 10.1 Å². The van der Waals surface area contributed by atoms with Crippen molar-refractivity contribution in [2.45, 2.75) is 38.9 Å². The number of benzene rings is 2. The molecule has 0 atom stereocenters. The van der Waals surface area contributed by atoms with Gasteiger partial charge in [0.05, 0.1) is 7.11 Å². The number of phenolic OH excluding ortho intramolecular Hbond substituents is 1. The van der Waals surface area contributed by atoms with Gasteiger partial charge < -0.3 is 20.1 Å². The Hall–Kier alpha value is -2.73. The van der Waals surface area contributed by atoms with Crippen LogP contribution in [0.4, 0.5) is 4.79 Å². The molecule has 2 amide bonds. The van der Waals surface area contributed by atoms with Crippen molar-refractivity contribution in [3.8, 4) is 11.5 Å². The first-order valence-corrected chi connectivity index (χ1v) is 10.2. The molecule has 2 aromatic rings. The molecule has 0 aliphatic carbocycles. The van der Waals surface area contributed by atoms with Gasteiger partial charge in [0.15, 0.2) is 11.5 Å². The summed E-state index contributed by atoms with van der Waals surface area (Å²) < 4.78 is 5.05. The number of carbonyl (C=O) groups is 1. The monoisotopic (exact) mass is 397 g/mol. The number of amides is 2. The molecule has 0 spiro atoms. The van der Waals surface area contributed by atoms with Crippen LogP contribution in [0.5, 0.6) is 11.5 Å². The van der Waals surface area contributed by atoms with E-state index in [1.165, 1.54) is 45.0 Å². The molecule has 3 rings (SSSR count). The van der Waals surface area contributed by atoms with Gasteiger partial charge in [0.1, 0.15) is 0 Å². The van der Waals surface area contributed by atoms with Gasteiger partial charge in [0, 0.05) is 26.7 Å². The van der Waals surface area contributed by atoms with Gasteiger partial charge in [-0.1, -0.05) is 36.8 Å². The van der Waals surface area contributed by atoms with E-state index in [1.807, 2.05) is 6.07 Å². The number of aromatic hydroxyl groups is 1. The molecule has 29 heavy (non-hydrogen) atoms. The van der Waals surface area contributed by atoms with E-state index in [-0.39, 0.29) is 11.8 Å². The Morgan fingerprint density at radius 1 is 1.07 bits per heavy atom. The van der Waals surface area contributed by atoms with E-state index in [1.54, 1.807) is 24.1 Å². The van der Waals surface area contributed by atoms with Crippen molar-refractivity contribution in [1.82, 2.24) is 15.1 Å². The third-order valence-corrected chi connectivity index (χ3v) is 5.33. The van der Waals surface area contributed by atoms with Gasteiger partial charge in [-0.3, -0.25) is 4.90 Å². The van der Waals surface area contributed by atoms with Crippen molar-refractivity contribution in [2.75, 3.05) is 27.2 Å². The van der Waals surface area contributed by atoms with Crippen LogP contribution >= 0.6 is 0 Å². The molecule has 6 heteroatoms. The highest BCUT2D eigenvalue weighted by atomic mass is 16.5. The van der Waals surface area contributed by atoms with E-state index < -0.39 is 0 Å². The number of hydrogen-bond donors (Lipinski definition) is 2. The van der Waals surface area contributed by atoms with Crippen LogP contribution in [0, 0.1) is 0 Å². The Balaban J connectivity index is 1.46. The predicted octanol–water partition coefficient (Wildman–Crippen LogP) is 3.73. The van der Waals surface area contributed by atoms with E-state index >= 15 is 0 Å². The molecule has 1 heterocycles. The quantitative estimate of drug-likeness (QED) is 0.747. The number of urea groups is 1. The normalized spacial score (nSPS) is 14.4. The van der Waals surface area contributed by atoms with Crippen LogP contribution in [0.15, 0.2) is 42.5 Å². The number of nitrogens with one attached hydrogen (secondary N) is 1. The second kappa shape index (κ2) is 10.2. The molecule has 1 aliphatic heterocycles. The fourth-order valence-corrected chi connectivity index (χ4v) is 3.63. The average Bonchev–Trinajstić information content (AvgIpc) is 2.74. The standard InChI is InChI=1S/C23H31N3O3/c1-25(16-20-10-11-22(29-2)21(27)14-20)23(28)24-15-18-6-8-19(9-7-18)17-26-12-4-3-5-13-26/h6-11,14,27H,3-5,12-13,15-17H2,1-2H3,(H,24,28). The Morgan fingerprint density at radius 2 is 1.72 bits per heavy atom. The zero-order valence-electron chi connectivity index (χ0n) is 17.4. The number of rotatable bonds is 7. The summed E-state index contributed by atoms with van der Waals surface area (Å²) in [5, 5.41) is 12.8. The molecule has 0 bridgehead atoms. The van der Waals surface area contributed by atoms with Crippen molar-refractivity contribution in [3.05, 3.63) is 59.2 Å². The summed E-state index contributed by atoms with van der Waals surface area (Å²) in [6.45, 7) is 4.27. The summed E-state index contributed by atoms with van der Waals surface area (Å²) in [5.41, 5.74) is 3.23. The summed E-state index contributed by atoms with van der Waals surface area (Å²) >= 11 is 0. The van der Waals surface area contributed by atoms with Crippen molar-refractivity contribution in [1.29, 1.82) is 0 Å². The number of piperidine rings is 1. The van der Waals surface area contributed by atoms with E-state index in [9.17, 15) is 9.90 Å². The average molecular weight is 398 g/mol. The first-order chi connectivity index (χ1) is 14.0. The van der Waals surface area contributed by atoms with Gasteiger partial charge in [-0.05, 0) is 54.8 Å². The first kappa shape index (κ1) is 21.0. The molecular weight excluding hydrogens is 366 g/mol.